The molecule has 0 radical (unpaired) electrons. The summed E-state index contributed by atoms with van der Waals surface area (Å²) in [6.45, 7) is 6.55. The molecule has 0 spiro atoms. The molecule has 1 atom stereocenters. The third-order valence-corrected chi connectivity index (χ3v) is 11.7. The third-order valence-electron chi connectivity index (χ3n) is 11.7. The maximum atomic E-state index is 12.8. The molecule has 374 valence electrons. The van der Waals surface area contributed by atoms with Gasteiger partial charge in [0, 0.05) is 19.3 Å². The van der Waals surface area contributed by atoms with Gasteiger partial charge in [0.1, 0.15) is 13.2 Å². The predicted molar refractivity (Wildman–Crippen MR) is 279 cm³/mol. The number of allylic oxidation sites excluding steroid dienone is 12. The quantitative estimate of drug-likeness (QED) is 0.0262. The summed E-state index contributed by atoms with van der Waals surface area (Å²) >= 11 is 0. The van der Waals surface area contributed by atoms with Crippen LogP contribution in [0.15, 0.2) is 72.9 Å². The van der Waals surface area contributed by atoms with Crippen molar-refractivity contribution < 1.29 is 28.6 Å². The summed E-state index contributed by atoms with van der Waals surface area (Å²) in [4.78, 5) is 38.0. The van der Waals surface area contributed by atoms with Gasteiger partial charge in [-0.05, 0) is 96.3 Å². The number of rotatable bonds is 49. The summed E-state index contributed by atoms with van der Waals surface area (Å²) in [6, 6.07) is 0. The van der Waals surface area contributed by atoms with Gasteiger partial charge in [0.15, 0.2) is 6.10 Å². The maximum Gasteiger partial charge on any atom is 0.306 e. The van der Waals surface area contributed by atoms with Gasteiger partial charge in [0.25, 0.3) is 0 Å². The van der Waals surface area contributed by atoms with Gasteiger partial charge in [-0.25, -0.2) is 0 Å². The molecule has 0 amide bonds. The van der Waals surface area contributed by atoms with Crippen molar-refractivity contribution in [2.24, 2.45) is 0 Å². The van der Waals surface area contributed by atoms with Crippen molar-refractivity contribution in [3.05, 3.63) is 72.9 Å². The average Bonchev–Trinajstić information content (AvgIpc) is 3.30. The first kappa shape index (κ1) is 61.9. The second kappa shape index (κ2) is 53.5. The van der Waals surface area contributed by atoms with Crippen LogP contribution in [0.2, 0.25) is 0 Å². The monoisotopic (exact) mass is 907 g/mol. The zero-order valence-electron chi connectivity index (χ0n) is 42.7. The van der Waals surface area contributed by atoms with Gasteiger partial charge in [-0.2, -0.15) is 0 Å². The minimum atomic E-state index is -0.805. The van der Waals surface area contributed by atoms with E-state index in [-0.39, 0.29) is 37.5 Å². The molecule has 0 rings (SSSR count). The van der Waals surface area contributed by atoms with E-state index in [1.807, 2.05) is 0 Å². The van der Waals surface area contributed by atoms with Crippen LogP contribution < -0.4 is 0 Å². The minimum absolute atomic E-state index is 0.101. The van der Waals surface area contributed by atoms with Gasteiger partial charge in [-0.3, -0.25) is 14.4 Å². The Kier molecular flexibility index (Phi) is 50.9. The average molecular weight is 907 g/mol. The predicted octanol–water partition coefficient (Wildman–Crippen LogP) is 18.2. The van der Waals surface area contributed by atoms with E-state index in [0.29, 0.717) is 12.8 Å². The fourth-order valence-electron chi connectivity index (χ4n) is 7.53. The lowest BCUT2D eigenvalue weighted by Gasteiger charge is -2.18. The largest absolute Gasteiger partial charge is 0.462 e. The lowest BCUT2D eigenvalue weighted by atomic mass is 10.1. The van der Waals surface area contributed by atoms with Crippen LogP contribution in [0.25, 0.3) is 0 Å². The molecule has 0 aromatic rings. The van der Waals surface area contributed by atoms with Crippen LogP contribution in [-0.2, 0) is 28.6 Å². The number of unbranched alkanes of at least 4 members (excludes halogenated alkanes) is 29. The second-order valence-corrected chi connectivity index (χ2v) is 18.2. The molecule has 1 unspecified atom stereocenters. The summed E-state index contributed by atoms with van der Waals surface area (Å²) in [6.07, 6.45) is 67.4. The Morgan fingerprint density at radius 2 is 0.538 bits per heavy atom. The van der Waals surface area contributed by atoms with Crippen LogP contribution in [0.3, 0.4) is 0 Å². The number of carbonyl (C=O) groups is 3. The summed E-state index contributed by atoms with van der Waals surface area (Å²) in [5, 5.41) is 0. The van der Waals surface area contributed by atoms with Crippen molar-refractivity contribution in [2.75, 3.05) is 13.2 Å². The van der Waals surface area contributed by atoms with Crippen LogP contribution in [-0.4, -0.2) is 37.2 Å². The third kappa shape index (κ3) is 51.7. The van der Waals surface area contributed by atoms with Crippen LogP contribution in [0.5, 0.6) is 0 Å². The Morgan fingerprint density at radius 1 is 0.308 bits per heavy atom. The SMILES string of the molecule is CCCCC/C=C\C=C/CCCCCCCCC(=O)OCC(COC(=O)CCCCC/C=C\C=C/CCCCCCCCC)OC(=O)CCCCC/C=C\C=C/CCCCCCCCC. The number of hydrogen-bond donors (Lipinski definition) is 0. The topological polar surface area (TPSA) is 78.9 Å². The molecule has 0 saturated carbocycles. The van der Waals surface area contributed by atoms with Crippen molar-refractivity contribution in [1.82, 2.24) is 0 Å². The first-order chi connectivity index (χ1) is 32.0. The maximum absolute atomic E-state index is 12.8. The molecule has 0 bridgehead atoms. The van der Waals surface area contributed by atoms with Gasteiger partial charge in [-0.1, -0.05) is 222 Å². The van der Waals surface area contributed by atoms with Gasteiger partial charge >= 0.3 is 17.9 Å². The number of ether oxygens (including phenoxy) is 3. The molecule has 0 heterocycles. The van der Waals surface area contributed by atoms with Crippen LogP contribution >= 0.6 is 0 Å². The number of carbonyl (C=O) groups excluding carboxylic acids is 3. The highest BCUT2D eigenvalue weighted by Gasteiger charge is 2.19. The standard InChI is InChI=1S/C59H102O6/c1-4-7-10-13-16-19-22-25-28-31-34-37-40-43-46-49-52-58(61)64-55-56(54-63-57(60)51-48-45-42-39-36-33-30-27-24-21-18-15-12-9-6-3)65-59(62)53-50-47-44-41-38-35-32-29-26-23-20-17-14-11-8-5-2/h18,21,24,27-29,31-32,34-35,37-38,56H,4-17,19-20,22-23,25-26,30,33,36,39-55H2,1-3H3/b21-18-,27-24-,31-28-,32-29-,37-34-,38-35-. The Hall–Kier alpha value is -3.15. The molecule has 65 heavy (non-hydrogen) atoms. The number of esters is 3. The Morgan fingerprint density at radius 3 is 0.862 bits per heavy atom. The Balaban J connectivity index is 4.49. The Bertz CT molecular complexity index is 1230. The van der Waals surface area contributed by atoms with E-state index < -0.39 is 6.10 Å². The summed E-state index contributed by atoms with van der Waals surface area (Å²) in [5.41, 5.74) is 0. The van der Waals surface area contributed by atoms with E-state index in [0.717, 1.165) is 89.9 Å². The molecular weight excluding hydrogens is 805 g/mol. The molecule has 0 aliphatic heterocycles. The summed E-state index contributed by atoms with van der Waals surface area (Å²) in [5.74, 6) is -0.961. The van der Waals surface area contributed by atoms with Crippen LogP contribution in [0.4, 0.5) is 0 Å². The molecule has 0 N–H and O–H groups in total. The van der Waals surface area contributed by atoms with Crippen LogP contribution in [0.1, 0.15) is 265 Å². The van der Waals surface area contributed by atoms with E-state index >= 15 is 0 Å². The van der Waals surface area contributed by atoms with Gasteiger partial charge < -0.3 is 14.2 Å². The highest BCUT2D eigenvalue weighted by Crippen LogP contribution is 2.14. The summed E-state index contributed by atoms with van der Waals surface area (Å²) in [7, 11) is 0. The zero-order chi connectivity index (χ0) is 47.2. The lowest BCUT2D eigenvalue weighted by molar-refractivity contribution is -0.167. The van der Waals surface area contributed by atoms with Crippen molar-refractivity contribution in [2.45, 2.75) is 271 Å². The summed E-state index contributed by atoms with van der Waals surface area (Å²) < 4.78 is 16.8. The van der Waals surface area contributed by atoms with E-state index in [1.54, 1.807) is 0 Å². The van der Waals surface area contributed by atoms with Crippen LogP contribution in [0, 0.1) is 0 Å². The molecule has 0 aromatic carbocycles. The second-order valence-electron chi connectivity index (χ2n) is 18.2. The lowest BCUT2D eigenvalue weighted by Crippen LogP contribution is -2.30. The Labute approximate surface area is 402 Å². The zero-order valence-corrected chi connectivity index (χ0v) is 42.7. The molecule has 0 aliphatic rings. The van der Waals surface area contributed by atoms with Crippen molar-refractivity contribution in [3.8, 4) is 0 Å². The first-order valence-electron chi connectivity index (χ1n) is 27.5. The fourth-order valence-corrected chi connectivity index (χ4v) is 7.53. The molecular formula is C59H102O6. The van der Waals surface area contributed by atoms with Crippen molar-refractivity contribution >= 4 is 17.9 Å². The van der Waals surface area contributed by atoms with E-state index in [1.165, 1.54) is 135 Å². The van der Waals surface area contributed by atoms with Crippen molar-refractivity contribution in [3.63, 3.8) is 0 Å². The van der Waals surface area contributed by atoms with E-state index in [9.17, 15) is 14.4 Å². The highest BCUT2D eigenvalue weighted by atomic mass is 16.6. The van der Waals surface area contributed by atoms with E-state index in [4.69, 9.17) is 14.2 Å². The molecule has 0 fully saturated rings. The van der Waals surface area contributed by atoms with Gasteiger partial charge in [0.2, 0.25) is 0 Å². The molecule has 0 aliphatic carbocycles. The highest BCUT2D eigenvalue weighted by molar-refractivity contribution is 5.71. The first-order valence-corrected chi connectivity index (χ1v) is 27.5. The molecule has 0 saturated heterocycles. The fraction of sp³-hybridized carbons (Fsp3) is 0.746. The number of hydrogen-bond acceptors (Lipinski definition) is 6. The van der Waals surface area contributed by atoms with Gasteiger partial charge in [-0.15, -0.1) is 0 Å². The molecule has 0 aromatic heterocycles. The normalized spacial score (nSPS) is 12.6. The minimum Gasteiger partial charge on any atom is -0.462 e. The molecule has 6 nitrogen and oxygen atoms in total. The van der Waals surface area contributed by atoms with E-state index in [2.05, 4.69) is 93.7 Å². The van der Waals surface area contributed by atoms with Crippen molar-refractivity contribution in [1.29, 1.82) is 0 Å². The van der Waals surface area contributed by atoms with Gasteiger partial charge in [0.05, 0.1) is 0 Å². The smallest absolute Gasteiger partial charge is 0.306 e. The molecule has 6 heteroatoms.